The van der Waals surface area contributed by atoms with Crippen molar-refractivity contribution in [3.05, 3.63) is 106 Å². The number of benzene rings is 3. The largest absolute Gasteiger partial charge is 0.489 e. The van der Waals surface area contributed by atoms with Crippen LogP contribution in [0.2, 0.25) is 0 Å². The quantitative estimate of drug-likeness (QED) is 0.335. The lowest BCUT2D eigenvalue weighted by Crippen LogP contribution is -2.27. The van der Waals surface area contributed by atoms with Gasteiger partial charge < -0.3 is 4.74 Å². The molecule has 0 N–H and O–H groups in total. The Labute approximate surface area is 190 Å². The van der Waals surface area contributed by atoms with Crippen LogP contribution in [0.4, 0.5) is 4.39 Å². The highest BCUT2D eigenvalue weighted by Gasteiger charge is 2.31. The van der Waals surface area contributed by atoms with E-state index < -0.39 is 0 Å². The molecule has 156 valence electrons. The van der Waals surface area contributed by atoms with Crippen LogP contribution in [-0.4, -0.2) is 15.1 Å². The Morgan fingerprint density at radius 3 is 2.29 bits per heavy atom. The third kappa shape index (κ3) is 5.40. The minimum Gasteiger partial charge on any atom is -0.489 e. The first-order valence-corrected chi connectivity index (χ1v) is 11.0. The Hall–Kier alpha value is -2.96. The van der Waals surface area contributed by atoms with Gasteiger partial charge in [-0.3, -0.25) is 9.69 Å². The average Bonchev–Trinajstić information content (AvgIpc) is 3.03. The summed E-state index contributed by atoms with van der Waals surface area (Å²) < 4.78 is 19.3. The summed E-state index contributed by atoms with van der Waals surface area (Å²) >= 11 is 6.75. The highest BCUT2D eigenvalue weighted by molar-refractivity contribution is 8.26. The lowest BCUT2D eigenvalue weighted by molar-refractivity contribution is -0.122. The van der Waals surface area contributed by atoms with E-state index >= 15 is 0 Å². The van der Waals surface area contributed by atoms with E-state index in [9.17, 15) is 9.18 Å². The molecule has 31 heavy (non-hydrogen) atoms. The lowest BCUT2D eigenvalue weighted by Gasteiger charge is -2.14. The molecule has 1 aliphatic heterocycles. The van der Waals surface area contributed by atoms with Gasteiger partial charge in [0.05, 0.1) is 11.4 Å². The second-order valence-corrected chi connectivity index (χ2v) is 8.91. The molecule has 1 fully saturated rings. The second kappa shape index (κ2) is 9.45. The maximum Gasteiger partial charge on any atom is 0.266 e. The van der Waals surface area contributed by atoms with Gasteiger partial charge in [0, 0.05) is 0 Å². The molecule has 1 saturated heterocycles. The molecule has 1 amide bonds. The van der Waals surface area contributed by atoms with Crippen molar-refractivity contribution in [2.45, 2.75) is 20.1 Å². The predicted molar refractivity (Wildman–Crippen MR) is 127 cm³/mol. The SMILES string of the molecule is Cc1ccc(CN2C(=O)C(=Cc3ccc(OCc4ccc(F)cc4)cc3)SC2=S)cc1. The third-order valence-electron chi connectivity index (χ3n) is 4.83. The van der Waals surface area contributed by atoms with Crippen molar-refractivity contribution in [3.63, 3.8) is 0 Å². The molecule has 0 bridgehead atoms. The minimum absolute atomic E-state index is 0.0767. The van der Waals surface area contributed by atoms with Crippen LogP contribution in [0.5, 0.6) is 5.75 Å². The number of halogens is 1. The summed E-state index contributed by atoms with van der Waals surface area (Å²) in [5.41, 5.74) is 4.01. The number of nitrogens with zero attached hydrogens (tertiary/aromatic N) is 1. The molecule has 0 aliphatic carbocycles. The first-order chi connectivity index (χ1) is 15.0. The Morgan fingerprint density at radius 1 is 0.968 bits per heavy atom. The molecule has 1 heterocycles. The second-order valence-electron chi connectivity index (χ2n) is 7.24. The minimum atomic E-state index is -0.266. The van der Waals surface area contributed by atoms with Crippen LogP contribution >= 0.6 is 24.0 Å². The van der Waals surface area contributed by atoms with Crippen molar-refractivity contribution in [2.75, 3.05) is 0 Å². The smallest absolute Gasteiger partial charge is 0.266 e. The van der Waals surface area contributed by atoms with Crippen molar-refractivity contribution >= 4 is 40.3 Å². The van der Waals surface area contributed by atoms with E-state index in [0.29, 0.717) is 28.1 Å². The van der Waals surface area contributed by atoms with Crippen molar-refractivity contribution < 1.29 is 13.9 Å². The molecule has 0 unspecified atom stereocenters. The summed E-state index contributed by atoms with van der Waals surface area (Å²) in [5.74, 6) is 0.359. The normalized spacial score (nSPS) is 15.0. The number of hydrogen-bond donors (Lipinski definition) is 0. The fraction of sp³-hybridized carbons (Fsp3) is 0.120. The van der Waals surface area contributed by atoms with Gasteiger partial charge in [0.1, 0.15) is 22.5 Å². The molecule has 3 nitrogen and oxygen atoms in total. The molecule has 3 aromatic rings. The molecule has 3 aromatic carbocycles. The van der Waals surface area contributed by atoms with Crippen molar-refractivity contribution in [1.29, 1.82) is 0 Å². The maximum absolute atomic E-state index is 13.0. The molecule has 1 aliphatic rings. The van der Waals surface area contributed by atoms with Crippen LogP contribution in [-0.2, 0) is 17.9 Å². The van der Waals surface area contributed by atoms with E-state index in [1.165, 1.54) is 29.5 Å². The van der Waals surface area contributed by atoms with E-state index in [0.717, 1.165) is 16.7 Å². The average molecular weight is 450 g/mol. The number of aryl methyl sites for hydroxylation is 1. The number of thioether (sulfide) groups is 1. The van der Waals surface area contributed by atoms with Crippen molar-refractivity contribution in [3.8, 4) is 5.75 Å². The summed E-state index contributed by atoms with van der Waals surface area (Å²) in [6.45, 7) is 2.86. The topological polar surface area (TPSA) is 29.5 Å². The Bertz CT molecular complexity index is 1120. The van der Waals surface area contributed by atoms with Crippen LogP contribution in [0.3, 0.4) is 0 Å². The number of rotatable bonds is 6. The fourth-order valence-electron chi connectivity index (χ4n) is 3.07. The van der Waals surface area contributed by atoms with E-state index in [2.05, 4.69) is 0 Å². The first-order valence-electron chi connectivity index (χ1n) is 9.76. The van der Waals surface area contributed by atoms with Gasteiger partial charge in [-0.15, -0.1) is 0 Å². The Balaban J connectivity index is 1.39. The number of amides is 1. The Kier molecular flexibility index (Phi) is 6.49. The summed E-state index contributed by atoms with van der Waals surface area (Å²) in [7, 11) is 0. The van der Waals surface area contributed by atoms with E-state index in [4.69, 9.17) is 17.0 Å². The van der Waals surface area contributed by atoms with E-state index in [-0.39, 0.29) is 11.7 Å². The molecule has 0 atom stereocenters. The Morgan fingerprint density at radius 2 is 1.61 bits per heavy atom. The van der Waals surface area contributed by atoms with Crippen molar-refractivity contribution in [1.82, 2.24) is 4.90 Å². The van der Waals surface area contributed by atoms with Crippen LogP contribution in [0, 0.1) is 12.7 Å². The van der Waals surface area contributed by atoms with E-state index in [1.54, 1.807) is 17.0 Å². The van der Waals surface area contributed by atoms with Gasteiger partial charge in [0.25, 0.3) is 5.91 Å². The summed E-state index contributed by atoms with van der Waals surface area (Å²) in [6, 6.07) is 21.8. The third-order valence-corrected chi connectivity index (χ3v) is 6.21. The van der Waals surface area contributed by atoms with Gasteiger partial charge in [0.15, 0.2) is 0 Å². The predicted octanol–water partition coefficient (Wildman–Crippen LogP) is 6.11. The first kappa shape index (κ1) is 21.3. The number of thiocarbonyl (C=S) groups is 1. The molecule has 0 spiro atoms. The monoisotopic (exact) mass is 449 g/mol. The number of hydrogen-bond acceptors (Lipinski definition) is 4. The number of carbonyl (C=O) groups is 1. The van der Waals surface area contributed by atoms with Gasteiger partial charge in [0.2, 0.25) is 0 Å². The molecule has 0 radical (unpaired) electrons. The lowest BCUT2D eigenvalue weighted by atomic mass is 10.1. The molecular formula is C25H20FNO2S2. The summed E-state index contributed by atoms with van der Waals surface area (Å²) in [4.78, 5) is 15.1. The molecule has 6 heteroatoms. The van der Waals surface area contributed by atoms with Gasteiger partial charge in [-0.1, -0.05) is 78.1 Å². The van der Waals surface area contributed by atoms with Crippen molar-refractivity contribution in [2.24, 2.45) is 0 Å². The molecule has 0 saturated carbocycles. The number of ether oxygens (including phenoxy) is 1. The van der Waals surface area contributed by atoms with Gasteiger partial charge in [-0.2, -0.15) is 0 Å². The number of carbonyl (C=O) groups excluding carboxylic acids is 1. The van der Waals surface area contributed by atoms with Crippen LogP contribution in [0.25, 0.3) is 6.08 Å². The summed E-state index contributed by atoms with van der Waals surface area (Å²) in [5, 5.41) is 0. The van der Waals surface area contributed by atoms with Crippen LogP contribution in [0.1, 0.15) is 22.3 Å². The standard InChI is InChI=1S/C25H20FNO2S2/c1-17-2-4-19(5-3-17)15-27-24(28)23(31-25(27)30)14-18-8-12-22(13-9-18)29-16-20-6-10-21(26)11-7-20/h2-14H,15-16H2,1H3. The van der Waals surface area contributed by atoms with Crippen LogP contribution < -0.4 is 4.74 Å². The van der Waals surface area contributed by atoms with Gasteiger partial charge >= 0.3 is 0 Å². The zero-order valence-corrected chi connectivity index (χ0v) is 18.5. The fourth-order valence-corrected chi connectivity index (χ4v) is 4.33. The zero-order chi connectivity index (χ0) is 21.8. The van der Waals surface area contributed by atoms with Gasteiger partial charge in [-0.05, 0) is 54.0 Å². The molecular weight excluding hydrogens is 429 g/mol. The van der Waals surface area contributed by atoms with Crippen LogP contribution in [0.15, 0.2) is 77.7 Å². The summed E-state index contributed by atoms with van der Waals surface area (Å²) in [6.07, 6.45) is 1.85. The van der Waals surface area contributed by atoms with Gasteiger partial charge in [-0.25, -0.2) is 4.39 Å². The molecule has 0 aromatic heterocycles. The maximum atomic E-state index is 13.0. The zero-order valence-electron chi connectivity index (χ0n) is 16.9. The highest BCUT2D eigenvalue weighted by atomic mass is 32.2. The highest BCUT2D eigenvalue weighted by Crippen LogP contribution is 2.33. The molecule has 4 rings (SSSR count). The van der Waals surface area contributed by atoms with E-state index in [1.807, 2.05) is 61.5 Å².